The van der Waals surface area contributed by atoms with Gasteiger partial charge in [-0.25, -0.2) is 0 Å². The number of rotatable bonds is 10. The minimum absolute atomic E-state index is 0.582. The van der Waals surface area contributed by atoms with Crippen LogP contribution < -0.4 is 10.6 Å². The van der Waals surface area contributed by atoms with Crippen molar-refractivity contribution in [2.75, 3.05) is 59.7 Å². The number of nitrogens with one attached hydrogen (secondary N) is 2. The molecule has 0 bridgehead atoms. The summed E-state index contributed by atoms with van der Waals surface area (Å²) >= 11 is 0. The highest BCUT2D eigenvalue weighted by Gasteiger charge is 2.24. The Kier molecular flexibility index (Phi) is 10.3. The number of guanidine groups is 1. The second kappa shape index (κ2) is 12.5. The summed E-state index contributed by atoms with van der Waals surface area (Å²) < 4.78 is 11.2. The van der Waals surface area contributed by atoms with E-state index in [9.17, 15) is 0 Å². The van der Waals surface area contributed by atoms with Gasteiger partial charge in [-0.05, 0) is 57.0 Å². The molecule has 26 heavy (non-hydrogen) atoms. The molecule has 2 heterocycles. The van der Waals surface area contributed by atoms with Crippen molar-refractivity contribution < 1.29 is 9.47 Å². The first-order valence-electron chi connectivity index (χ1n) is 10.5. The summed E-state index contributed by atoms with van der Waals surface area (Å²) in [6.45, 7) is 12.4. The zero-order chi connectivity index (χ0) is 18.6. The van der Waals surface area contributed by atoms with Crippen LogP contribution in [0, 0.1) is 11.8 Å². The van der Waals surface area contributed by atoms with Gasteiger partial charge in [0.15, 0.2) is 5.96 Å². The lowest BCUT2D eigenvalue weighted by atomic mass is 10.0. The molecule has 0 amide bonds. The molecule has 6 nitrogen and oxygen atoms in total. The molecule has 2 saturated heterocycles. The summed E-state index contributed by atoms with van der Waals surface area (Å²) in [6.07, 6.45) is 5.96. The van der Waals surface area contributed by atoms with Crippen LogP contribution in [0.3, 0.4) is 0 Å². The van der Waals surface area contributed by atoms with E-state index in [1.54, 1.807) is 0 Å². The Labute approximate surface area is 160 Å². The lowest BCUT2D eigenvalue weighted by Gasteiger charge is -2.31. The van der Waals surface area contributed by atoms with Gasteiger partial charge < -0.3 is 20.1 Å². The monoisotopic (exact) mass is 368 g/mol. The molecular formula is C20H40N4O2. The summed E-state index contributed by atoms with van der Waals surface area (Å²) in [7, 11) is 1.84. The number of hydrogen-bond donors (Lipinski definition) is 2. The van der Waals surface area contributed by atoms with Gasteiger partial charge in [0, 0.05) is 52.6 Å². The standard InChI is InChI=1S/C20H40N4O2/c1-17(2)19(24-10-4-5-11-24)15-23-20(21-3)22-9-6-12-26-16-18-7-13-25-14-8-18/h17-19H,4-16H2,1-3H3,(H2,21,22,23). The van der Waals surface area contributed by atoms with Crippen molar-refractivity contribution in [1.29, 1.82) is 0 Å². The predicted molar refractivity (Wildman–Crippen MR) is 108 cm³/mol. The van der Waals surface area contributed by atoms with E-state index in [0.29, 0.717) is 17.9 Å². The third-order valence-electron chi connectivity index (χ3n) is 5.53. The lowest BCUT2D eigenvalue weighted by molar-refractivity contribution is 0.0203. The summed E-state index contributed by atoms with van der Waals surface area (Å²) in [4.78, 5) is 6.98. The molecule has 2 rings (SSSR count). The molecule has 1 unspecified atom stereocenters. The fourth-order valence-electron chi connectivity index (χ4n) is 3.83. The van der Waals surface area contributed by atoms with Gasteiger partial charge in [-0.3, -0.25) is 9.89 Å². The second-order valence-electron chi connectivity index (χ2n) is 7.92. The van der Waals surface area contributed by atoms with Crippen LogP contribution in [0.5, 0.6) is 0 Å². The van der Waals surface area contributed by atoms with E-state index < -0.39 is 0 Å². The second-order valence-corrected chi connectivity index (χ2v) is 7.92. The Morgan fingerprint density at radius 1 is 1.19 bits per heavy atom. The Balaban J connectivity index is 1.55. The van der Waals surface area contributed by atoms with Crippen LogP contribution in [0.4, 0.5) is 0 Å². The summed E-state index contributed by atoms with van der Waals surface area (Å²) in [5.41, 5.74) is 0. The first-order valence-corrected chi connectivity index (χ1v) is 10.5. The van der Waals surface area contributed by atoms with Gasteiger partial charge >= 0.3 is 0 Å². The molecular weight excluding hydrogens is 328 g/mol. The van der Waals surface area contributed by atoms with Crippen molar-refractivity contribution in [2.45, 2.75) is 52.0 Å². The molecule has 2 aliphatic heterocycles. The van der Waals surface area contributed by atoms with E-state index >= 15 is 0 Å². The van der Waals surface area contributed by atoms with E-state index in [2.05, 4.69) is 34.4 Å². The molecule has 0 spiro atoms. The highest BCUT2D eigenvalue weighted by Crippen LogP contribution is 2.17. The normalized spacial score (nSPS) is 21.3. The molecule has 2 N–H and O–H groups in total. The Hall–Kier alpha value is -0.850. The van der Waals surface area contributed by atoms with Crippen LogP contribution in [0.1, 0.15) is 46.0 Å². The summed E-state index contributed by atoms with van der Waals surface area (Å²) in [5, 5.41) is 6.93. The molecule has 2 fully saturated rings. The van der Waals surface area contributed by atoms with E-state index in [1.807, 2.05) is 7.05 Å². The van der Waals surface area contributed by atoms with Gasteiger partial charge in [0.2, 0.25) is 0 Å². The average Bonchev–Trinajstić information content (AvgIpc) is 3.18. The topological polar surface area (TPSA) is 58.1 Å². The highest BCUT2D eigenvalue weighted by atomic mass is 16.5. The largest absolute Gasteiger partial charge is 0.381 e. The molecule has 0 aliphatic carbocycles. The van der Waals surface area contributed by atoms with Crippen molar-refractivity contribution in [1.82, 2.24) is 15.5 Å². The molecule has 152 valence electrons. The van der Waals surface area contributed by atoms with Crippen LogP contribution in [0.15, 0.2) is 4.99 Å². The fourth-order valence-corrected chi connectivity index (χ4v) is 3.83. The first-order chi connectivity index (χ1) is 12.7. The average molecular weight is 369 g/mol. The number of aliphatic imine (C=N–C) groups is 1. The maximum absolute atomic E-state index is 5.82. The lowest BCUT2D eigenvalue weighted by Crippen LogP contribution is -2.48. The van der Waals surface area contributed by atoms with E-state index in [-0.39, 0.29) is 0 Å². The van der Waals surface area contributed by atoms with E-state index in [1.165, 1.54) is 25.9 Å². The van der Waals surface area contributed by atoms with Crippen molar-refractivity contribution in [3.8, 4) is 0 Å². The van der Waals surface area contributed by atoms with Gasteiger partial charge in [0.1, 0.15) is 0 Å². The SMILES string of the molecule is CN=C(NCCCOCC1CCOCC1)NCC(C(C)C)N1CCCC1. The van der Waals surface area contributed by atoms with E-state index in [4.69, 9.17) is 9.47 Å². The first kappa shape index (κ1) is 21.5. The van der Waals surface area contributed by atoms with Gasteiger partial charge in [0.05, 0.1) is 0 Å². The molecule has 6 heteroatoms. The Bertz CT molecular complexity index is 391. The molecule has 0 radical (unpaired) electrons. The smallest absolute Gasteiger partial charge is 0.191 e. The van der Waals surface area contributed by atoms with Crippen LogP contribution in [-0.4, -0.2) is 76.6 Å². The number of hydrogen-bond acceptors (Lipinski definition) is 4. The van der Waals surface area contributed by atoms with Gasteiger partial charge in [-0.1, -0.05) is 13.8 Å². The molecule has 2 aliphatic rings. The summed E-state index contributed by atoms with van der Waals surface area (Å²) in [6, 6.07) is 0.582. The maximum atomic E-state index is 5.82. The predicted octanol–water partition coefficient (Wildman–Crippen LogP) is 2.11. The molecule has 0 aromatic rings. The third kappa shape index (κ3) is 7.80. The van der Waals surface area contributed by atoms with Crippen molar-refractivity contribution in [3.05, 3.63) is 0 Å². The third-order valence-corrected chi connectivity index (χ3v) is 5.53. The zero-order valence-electron chi connectivity index (χ0n) is 17.1. The Morgan fingerprint density at radius 2 is 1.92 bits per heavy atom. The van der Waals surface area contributed by atoms with Crippen LogP contribution >= 0.6 is 0 Å². The van der Waals surface area contributed by atoms with Crippen LogP contribution in [-0.2, 0) is 9.47 Å². The molecule has 0 aromatic carbocycles. The number of likely N-dealkylation sites (tertiary alicyclic amines) is 1. The van der Waals surface area contributed by atoms with Crippen molar-refractivity contribution in [2.24, 2.45) is 16.8 Å². The quantitative estimate of drug-likeness (QED) is 0.351. The molecule has 0 saturated carbocycles. The van der Waals surface area contributed by atoms with Crippen LogP contribution in [0.2, 0.25) is 0 Å². The molecule has 0 aromatic heterocycles. The van der Waals surface area contributed by atoms with Gasteiger partial charge in [-0.2, -0.15) is 0 Å². The summed E-state index contributed by atoms with van der Waals surface area (Å²) in [5.74, 6) is 2.24. The number of ether oxygens (including phenoxy) is 2. The fraction of sp³-hybridized carbons (Fsp3) is 0.950. The van der Waals surface area contributed by atoms with Gasteiger partial charge in [0.25, 0.3) is 0 Å². The Morgan fingerprint density at radius 3 is 2.58 bits per heavy atom. The zero-order valence-corrected chi connectivity index (χ0v) is 17.1. The maximum Gasteiger partial charge on any atom is 0.191 e. The van der Waals surface area contributed by atoms with Crippen molar-refractivity contribution >= 4 is 5.96 Å². The minimum Gasteiger partial charge on any atom is -0.381 e. The number of nitrogens with zero attached hydrogens (tertiary/aromatic N) is 2. The van der Waals surface area contributed by atoms with Crippen LogP contribution in [0.25, 0.3) is 0 Å². The molecule has 1 atom stereocenters. The minimum atomic E-state index is 0.582. The van der Waals surface area contributed by atoms with E-state index in [0.717, 1.165) is 64.7 Å². The van der Waals surface area contributed by atoms with Gasteiger partial charge in [-0.15, -0.1) is 0 Å². The van der Waals surface area contributed by atoms with Crippen molar-refractivity contribution in [3.63, 3.8) is 0 Å². The highest BCUT2D eigenvalue weighted by molar-refractivity contribution is 5.79.